The summed E-state index contributed by atoms with van der Waals surface area (Å²) >= 11 is 0. The van der Waals surface area contributed by atoms with Gasteiger partial charge in [-0.25, -0.2) is 8.42 Å². The molecule has 2 aliphatic rings. The average Bonchev–Trinajstić information content (AvgIpc) is 3.27. The van der Waals surface area contributed by atoms with Crippen LogP contribution in [0.25, 0.3) is 0 Å². The molecular formula is C23H39NO5SSi. The lowest BCUT2D eigenvalue weighted by Crippen LogP contribution is -2.50. The zero-order valence-electron chi connectivity index (χ0n) is 19.9. The lowest BCUT2D eigenvalue weighted by atomic mass is 10.0. The van der Waals surface area contributed by atoms with Crippen molar-refractivity contribution < 1.29 is 22.3 Å². The maximum absolute atomic E-state index is 13.6. The summed E-state index contributed by atoms with van der Waals surface area (Å²) in [6.45, 7) is 15.1. The van der Waals surface area contributed by atoms with Crippen LogP contribution in [0.5, 0.6) is 0 Å². The highest BCUT2D eigenvalue weighted by atomic mass is 32.2. The van der Waals surface area contributed by atoms with Crippen LogP contribution in [0.4, 0.5) is 0 Å². The van der Waals surface area contributed by atoms with E-state index in [4.69, 9.17) is 19.6 Å². The molecule has 31 heavy (non-hydrogen) atoms. The minimum Gasteiger partial charge on any atom is -0.414 e. The summed E-state index contributed by atoms with van der Waals surface area (Å²) in [5, 5.41) is -0.637. The summed E-state index contributed by atoms with van der Waals surface area (Å²) in [4.78, 5) is 0.302. The van der Waals surface area contributed by atoms with Crippen molar-refractivity contribution in [3.05, 3.63) is 30.3 Å². The van der Waals surface area contributed by atoms with Crippen LogP contribution in [0, 0.1) is 5.92 Å². The summed E-state index contributed by atoms with van der Waals surface area (Å²) in [6, 6.07) is 7.90. The topological polar surface area (TPSA) is 87.9 Å². The summed E-state index contributed by atoms with van der Waals surface area (Å²) < 4.78 is 45.3. The van der Waals surface area contributed by atoms with Crippen LogP contribution in [0.1, 0.15) is 47.5 Å². The van der Waals surface area contributed by atoms with Crippen molar-refractivity contribution in [2.24, 2.45) is 11.7 Å². The van der Waals surface area contributed by atoms with Gasteiger partial charge >= 0.3 is 0 Å². The van der Waals surface area contributed by atoms with Gasteiger partial charge in [-0.1, -0.05) is 39.0 Å². The molecule has 8 heteroatoms. The first-order chi connectivity index (χ1) is 14.1. The Hall–Kier alpha value is -0.773. The first-order valence-corrected chi connectivity index (χ1v) is 15.6. The van der Waals surface area contributed by atoms with Gasteiger partial charge in [-0.15, -0.1) is 0 Å². The average molecular weight is 470 g/mol. The molecule has 0 spiro atoms. The van der Waals surface area contributed by atoms with E-state index in [1.807, 2.05) is 19.9 Å². The van der Waals surface area contributed by atoms with Gasteiger partial charge in [0.1, 0.15) is 6.10 Å². The number of hydrogen-bond acceptors (Lipinski definition) is 6. The minimum absolute atomic E-state index is 0.110. The highest BCUT2D eigenvalue weighted by molar-refractivity contribution is 7.92. The molecule has 1 aliphatic heterocycles. The third-order valence-electron chi connectivity index (χ3n) is 7.00. The number of rotatable bonds is 8. The molecule has 1 aromatic carbocycles. The van der Waals surface area contributed by atoms with Crippen molar-refractivity contribution in [2.75, 3.05) is 6.61 Å². The third-order valence-corrected chi connectivity index (χ3v) is 13.7. The van der Waals surface area contributed by atoms with E-state index in [0.717, 1.165) is 6.42 Å². The normalized spacial score (nSPS) is 28.3. The second-order valence-corrected chi connectivity index (χ2v) is 17.9. The van der Waals surface area contributed by atoms with E-state index in [0.29, 0.717) is 17.9 Å². The Kier molecular flexibility index (Phi) is 6.85. The molecule has 1 saturated heterocycles. The van der Waals surface area contributed by atoms with E-state index in [1.54, 1.807) is 24.3 Å². The zero-order valence-corrected chi connectivity index (χ0v) is 21.7. The Morgan fingerprint density at radius 3 is 2.35 bits per heavy atom. The van der Waals surface area contributed by atoms with E-state index < -0.39 is 41.3 Å². The second kappa shape index (κ2) is 8.54. The largest absolute Gasteiger partial charge is 0.414 e. The van der Waals surface area contributed by atoms with Crippen molar-refractivity contribution in [2.45, 2.75) is 99.8 Å². The monoisotopic (exact) mass is 469 g/mol. The predicted octanol–water partition coefficient (Wildman–Crippen LogP) is 4.11. The fraction of sp³-hybridized carbons (Fsp3) is 0.739. The van der Waals surface area contributed by atoms with Crippen LogP contribution >= 0.6 is 0 Å². The highest BCUT2D eigenvalue weighted by Gasteiger charge is 2.51. The number of hydrogen-bond donors (Lipinski definition) is 1. The van der Waals surface area contributed by atoms with Crippen LogP contribution in [-0.4, -0.2) is 52.6 Å². The van der Waals surface area contributed by atoms with E-state index >= 15 is 0 Å². The Labute approximate surface area is 188 Å². The summed E-state index contributed by atoms with van der Waals surface area (Å²) in [6.07, 6.45) is 1.00. The van der Waals surface area contributed by atoms with Gasteiger partial charge in [-0.05, 0) is 62.9 Å². The maximum atomic E-state index is 13.6. The van der Waals surface area contributed by atoms with Gasteiger partial charge < -0.3 is 19.6 Å². The molecule has 2 fully saturated rings. The molecule has 1 aromatic rings. The van der Waals surface area contributed by atoms with Gasteiger partial charge in [-0.3, -0.25) is 0 Å². The lowest BCUT2D eigenvalue weighted by Gasteiger charge is -2.36. The van der Waals surface area contributed by atoms with Gasteiger partial charge in [0, 0.05) is 6.10 Å². The molecule has 0 aromatic heterocycles. The molecule has 1 saturated carbocycles. The molecular weight excluding hydrogens is 430 g/mol. The Balaban J connectivity index is 1.79. The number of nitrogens with two attached hydrogens (primary N) is 1. The first-order valence-electron chi connectivity index (χ1n) is 11.2. The van der Waals surface area contributed by atoms with Crippen LogP contribution in [0.3, 0.4) is 0 Å². The van der Waals surface area contributed by atoms with Crippen molar-refractivity contribution in [1.82, 2.24) is 0 Å². The molecule has 0 radical (unpaired) electrons. The van der Waals surface area contributed by atoms with Crippen molar-refractivity contribution in [3.63, 3.8) is 0 Å². The van der Waals surface area contributed by atoms with E-state index in [-0.39, 0.29) is 17.1 Å². The summed E-state index contributed by atoms with van der Waals surface area (Å²) in [5.41, 5.74) is 6.57. The predicted molar refractivity (Wildman–Crippen MR) is 125 cm³/mol. The van der Waals surface area contributed by atoms with Crippen LogP contribution in [0.2, 0.25) is 18.1 Å². The zero-order chi connectivity index (χ0) is 23.2. The molecule has 1 unspecified atom stereocenters. The molecule has 0 amide bonds. The fourth-order valence-corrected chi connectivity index (χ4v) is 7.26. The van der Waals surface area contributed by atoms with Crippen LogP contribution in [0.15, 0.2) is 35.2 Å². The summed E-state index contributed by atoms with van der Waals surface area (Å²) in [5.74, 6) is -0.560. The van der Waals surface area contributed by atoms with Gasteiger partial charge in [0.2, 0.25) is 0 Å². The smallest absolute Gasteiger partial charge is 0.192 e. The number of ether oxygens (including phenoxy) is 2. The third kappa shape index (κ3) is 5.60. The minimum atomic E-state index is -3.63. The lowest BCUT2D eigenvalue weighted by molar-refractivity contribution is -0.140. The molecule has 6 nitrogen and oxygen atoms in total. The van der Waals surface area contributed by atoms with Crippen LogP contribution in [-0.2, 0) is 23.7 Å². The van der Waals surface area contributed by atoms with E-state index in [2.05, 4.69) is 33.9 Å². The first kappa shape index (κ1) is 24.9. The summed E-state index contributed by atoms with van der Waals surface area (Å²) in [7, 11) is -5.54. The molecule has 0 bridgehead atoms. The Morgan fingerprint density at radius 1 is 1.23 bits per heavy atom. The van der Waals surface area contributed by atoms with Gasteiger partial charge in [0.15, 0.2) is 23.9 Å². The van der Waals surface area contributed by atoms with Gasteiger partial charge in [0.25, 0.3) is 0 Å². The van der Waals surface area contributed by atoms with E-state index in [1.165, 1.54) is 0 Å². The van der Waals surface area contributed by atoms with Crippen molar-refractivity contribution >= 4 is 18.2 Å². The molecule has 1 aliphatic carbocycles. The molecule has 176 valence electrons. The number of benzene rings is 1. The SMILES string of the molecule is CC1(C)OC[C@H](C(N)[C@H](C[C@H]2C[C@H]2O[Si](C)(C)C(C)(C)C)S(=O)(=O)c2ccccc2)O1. The Morgan fingerprint density at radius 2 is 1.84 bits per heavy atom. The van der Waals surface area contributed by atoms with Gasteiger partial charge in [0.05, 0.1) is 22.8 Å². The Bertz CT molecular complexity index is 866. The highest BCUT2D eigenvalue weighted by Crippen LogP contribution is 2.46. The van der Waals surface area contributed by atoms with Crippen LogP contribution < -0.4 is 5.73 Å². The maximum Gasteiger partial charge on any atom is 0.192 e. The standard InChI is InChI=1S/C23H39NO5SSi/c1-22(2,3)31(6,7)29-18-13-16(18)14-20(21(24)19-15-27-23(4,5)28-19)30(25,26)17-11-9-8-10-12-17/h8-12,16,18-21H,13-15,24H2,1-7H3/t16-,18-,19-,20+,21?/m1/s1. The molecule has 2 N–H and O–H groups in total. The van der Waals surface area contributed by atoms with Crippen molar-refractivity contribution in [1.29, 1.82) is 0 Å². The molecule has 5 atom stereocenters. The fourth-order valence-electron chi connectivity index (χ4n) is 3.89. The number of sulfone groups is 1. The quantitative estimate of drug-likeness (QED) is 0.577. The molecule has 1 heterocycles. The van der Waals surface area contributed by atoms with Crippen molar-refractivity contribution in [3.8, 4) is 0 Å². The molecule has 3 rings (SSSR count). The van der Waals surface area contributed by atoms with E-state index in [9.17, 15) is 8.42 Å². The van der Waals surface area contributed by atoms with Gasteiger partial charge in [-0.2, -0.15) is 0 Å². The second-order valence-electron chi connectivity index (χ2n) is 11.0.